The Morgan fingerprint density at radius 2 is 2.06 bits per heavy atom. The van der Waals surface area contributed by atoms with Crippen molar-refractivity contribution < 1.29 is 0 Å². The van der Waals surface area contributed by atoms with Crippen LogP contribution >= 0.6 is 15.9 Å². The summed E-state index contributed by atoms with van der Waals surface area (Å²) in [5.41, 5.74) is 4.35. The minimum absolute atomic E-state index is 1.01. The van der Waals surface area contributed by atoms with Gasteiger partial charge in [0.1, 0.15) is 0 Å². The smallest absolute Gasteiger partial charge is 0.0804 e. The SMILES string of the molecule is Cc1nn(C)cc1-c1ccc2c(Br)cnn2c1. The largest absolute Gasteiger partial charge is 0.275 e. The van der Waals surface area contributed by atoms with Crippen LogP contribution in [0.2, 0.25) is 0 Å². The normalized spacial score (nSPS) is 11.2. The quantitative estimate of drug-likeness (QED) is 0.691. The van der Waals surface area contributed by atoms with Gasteiger partial charge in [-0.25, -0.2) is 4.52 Å². The first-order valence-corrected chi connectivity index (χ1v) is 6.08. The highest BCUT2D eigenvalue weighted by Gasteiger charge is 2.08. The van der Waals surface area contributed by atoms with Gasteiger partial charge < -0.3 is 0 Å². The van der Waals surface area contributed by atoms with Gasteiger partial charge >= 0.3 is 0 Å². The predicted molar refractivity (Wildman–Crippen MR) is 69.8 cm³/mol. The summed E-state index contributed by atoms with van der Waals surface area (Å²) in [6.07, 6.45) is 5.84. The summed E-state index contributed by atoms with van der Waals surface area (Å²) < 4.78 is 4.70. The molecule has 0 saturated carbocycles. The molecule has 0 amide bonds. The van der Waals surface area contributed by atoms with Gasteiger partial charge in [-0.3, -0.25) is 4.68 Å². The average Bonchev–Trinajstić information content (AvgIpc) is 2.82. The summed E-state index contributed by atoms with van der Waals surface area (Å²) in [5.74, 6) is 0. The van der Waals surface area contributed by atoms with Crippen LogP contribution in [0, 0.1) is 6.92 Å². The second kappa shape index (κ2) is 3.70. The second-order valence-electron chi connectivity index (χ2n) is 4.04. The fourth-order valence-electron chi connectivity index (χ4n) is 2.00. The Morgan fingerprint density at radius 1 is 1.24 bits per heavy atom. The molecule has 0 aliphatic carbocycles. The van der Waals surface area contributed by atoms with E-state index in [1.807, 2.05) is 35.6 Å². The van der Waals surface area contributed by atoms with Crippen molar-refractivity contribution in [3.05, 3.63) is 40.9 Å². The van der Waals surface area contributed by atoms with Crippen molar-refractivity contribution in [2.45, 2.75) is 6.92 Å². The lowest BCUT2D eigenvalue weighted by atomic mass is 10.1. The van der Waals surface area contributed by atoms with E-state index in [1.165, 1.54) is 0 Å². The van der Waals surface area contributed by atoms with Gasteiger partial charge in [0, 0.05) is 30.6 Å². The first kappa shape index (κ1) is 10.5. The number of nitrogens with zero attached hydrogens (tertiary/aromatic N) is 4. The number of aromatic nitrogens is 4. The molecule has 0 aliphatic rings. The van der Waals surface area contributed by atoms with E-state index >= 15 is 0 Å². The van der Waals surface area contributed by atoms with Crippen LogP contribution in [-0.2, 0) is 7.05 Å². The van der Waals surface area contributed by atoms with Gasteiger partial charge in [-0.05, 0) is 28.9 Å². The third-order valence-corrected chi connectivity index (χ3v) is 3.40. The van der Waals surface area contributed by atoms with E-state index in [0.717, 1.165) is 26.8 Å². The number of aryl methyl sites for hydroxylation is 2. The molecule has 0 atom stereocenters. The number of hydrogen-bond donors (Lipinski definition) is 0. The third kappa shape index (κ3) is 1.67. The molecule has 0 spiro atoms. The third-order valence-electron chi connectivity index (χ3n) is 2.79. The molecule has 17 heavy (non-hydrogen) atoms. The number of rotatable bonds is 1. The van der Waals surface area contributed by atoms with Crippen LogP contribution in [0.5, 0.6) is 0 Å². The molecule has 0 N–H and O–H groups in total. The molecule has 3 aromatic heterocycles. The molecule has 0 fully saturated rings. The van der Waals surface area contributed by atoms with Crippen LogP contribution < -0.4 is 0 Å². The maximum atomic E-state index is 4.35. The number of hydrogen-bond acceptors (Lipinski definition) is 2. The maximum Gasteiger partial charge on any atom is 0.0804 e. The molecule has 5 heteroatoms. The fraction of sp³-hybridized carbons (Fsp3) is 0.167. The molecule has 0 aromatic carbocycles. The molecule has 0 saturated heterocycles. The standard InChI is InChI=1S/C12H11BrN4/c1-8-10(7-16(2)15-8)9-3-4-12-11(13)5-14-17(12)6-9/h3-7H,1-2H3. The van der Waals surface area contributed by atoms with Gasteiger partial charge in [0.05, 0.1) is 21.9 Å². The van der Waals surface area contributed by atoms with E-state index in [4.69, 9.17) is 0 Å². The average molecular weight is 291 g/mol. The minimum atomic E-state index is 1.01. The summed E-state index contributed by atoms with van der Waals surface area (Å²) in [6.45, 7) is 2.01. The van der Waals surface area contributed by atoms with Crippen LogP contribution in [0.25, 0.3) is 16.6 Å². The van der Waals surface area contributed by atoms with Crippen molar-refractivity contribution in [3.63, 3.8) is 0 Å². The summed E-state index contributed by atoms with van der Waals surface area (Å²) in [5, 5.41) is 8.63. The van der Waals surface area contributed by atoms with E-state index in [9.17, 15) is 0 Å². The number of fused-ring (bicyclic) bond motifs is 1. The van der Waals surface area contributed by atoms with Gasteiger partial charge in [-0.1, -0.05) is 6.07 Å². The molecule has 0 unspecified atom stereocenters. The van der Waals surface area contributed by atoms with E-state index in [0.29, 0.717) is 0 Å². The lowest BCUT2D eigenvalue weighted by Gasteiger charge is -2.00. The summed E-state index contributed by atoms with van der Waals surface area (Å²) >= 11 is 3.47. The monoisotopic (exact) mass is 290 g/mol. The predicted octanol–water partition coefficient (Wildman–Crippen LogP) is 2.81. The molecule has 3 aromatic rings. The van der Waals surface area contributed by atoms with Gasteiger partial charge in [0.2, 0.25) is 0 Å². The van der Waals surface area contributed by atoms with E-state index < -0.39 is 0 Å². The fourth-order valence-corrected chi connectivity index (χ4v) is 2.40. The molecule has 4 nitrogen and oxygen atoms in total. The van der Waals surface area contributed by atoms with Crippen molar-refractivity contribution >= 4 is 21.4 Å². The Balaban J connectivity index is 2.21. The highest BCUT2D eigenvalue weighted by atomic mass is 79.9. The van der Waals surface area contributed by atoms with Crippen LogP contribution in [0.1, 0.15) is 5.69 Å². The molecule has 3 heterocycles. The molecule has 0 aliphatic heterocycles. The van der Waals surface area contributed by atoms with Crippen molar-refractivity contribution in [1.29, 1.82) is 0 Å². The van der Waals surface area contributed by atoms with Crippen molar-refractivity contribution in [1.82, 2.24) is 19.4 Å². The summed E-state index contributed by atoms with van der Waals surface area (Å²) in [7, 11) is 1.93. The Bertz CT molecular complexity index is 696. The molecule has 86 valence electrons. The lowest BCUT2D eigenvalue weighted by Crippen LogP contribution is -1.88. The summed E-state index contributed by atoms with van der Waals surface area (Å²) in [6, 6.07) is 4.14. The zero-order valence-electron chi connectivity index (χ0n) is 9.55. The van der Waals surface area contributed by atoms with Crippen molar-refractivity contribution in [2.75, 3.05) is 0 Å². The van der Waals surface area contributed by atoms with Crippen LogP contribution in [0.15, 0.2) is 35.2 Å². The zero-order valence-corrected chi connectivity index (χ0v) is 11.1. The van der Waals surface area contributed by atoms with Gasteiger partial charge in [-0.15, -0.1) is 0 Å². The van der Waals surface area contributed by atoms with Crippen LogP contribution in [0.3, 0.4) is 0 Å². The van der Waals surface area contributed by atoms with E-state index in [-0.39, 0.29) is 0 Å². The Labute approximate surface area is 107 Å². The van der Waals surface area contributed by atoms with Crippen LogP contribution in [0.4, 0.5) is 0 Å². The van der Waals surface area contributed by atoms with Gasteiger partial charge in [0.25, 0.3) is 0 Å². The topological polar surface area (TPSA) is 35.1 Å². The lowest BCUT2D eigenvalue weighted by molar-refractivity contribution is 0.756. The first-order valence-electron chi connectivity index (χ1n) is 5.28. The highest BCUT2D eigenvalue weighted by Crippen LogP contribution is 2.25. The molecular weight excluding hydrogens is 280 g/mol. The Kier molecular flexibility index (Phi) is 2.29. The zero-order chi connectivity index (χ0) is 12.0. The Morgan fingerprint density at radius 3 is 2.76 bits per heavy atom. The van der Waals surface area contributed by atoms with Crippen molar-refractivity contribution in [2.24, 2.45) is 7.05 Å². The second-order valence-corrected chi connectivity index (χ2v) is 4.90. The van der Waals surface area contributed by atoms with Gasteiger partial charge in [0.15, 0.2) is 0 Å². The Hall–Kier alpha value is -1.62. The van der Waals surface area contributed by atoms with Crippen molar-refractivity contribution in [3.8, 4) is 11.1 Å². The number of pyridine rings is 1. The molecular formula is C12H11BrN4. The first-order chi connectivity index (χ1) is 8.15. The maximum absolute atomic E-state index is 4.35. The van der Waals surface area contributed by atoms with Crippen LogP contribution in [-0.4, -0.2) is 19.4 Å². The molecule has 0 radical (unpaired) electrons. The highest BCUT2D eigenvalue weighted by molar-refractivity contribution is 9.10. The number of halogens is 1. The van der Waals surface area contributed by atoms with E-state index in [2.05, 4.69) is 38.3 Å². The molecule has 0 bridgehead atoms. The summed E-state index contributed by atoms with van der Waals surface area (Å²) in [4.78, 5) is 0. The molecule has 3 rings (SSSR count). The van der Waals surface area contributed by atoms with E-state index in [1.54, 1.807) is 6.20 Å². The minimum Gasteiger partial charge on any atom is -0.275 e. The van der Waals surface area contributed by atoms with Gasteiger partial charge in [-0.2, -0.15) is 10.2 Å².